The molecule has 0 atom stereocenters. The van der Waals surface area contributed by atoms with Crippen LogP contribution in [-0.4, -0.2) is 18.5 Å². The Labute approximate surface area is 99.2 Å². The van der Waals surface area contributed by atoms with Gasteiger partial charge in [0.15, 0.2) is 0 Å². The van der Waals surface area contributed by atoms with Crippen LogP contribution in [0.25, 0.3) is 0 Å². The van der Waals surface area contributed by atoms with Gasteiger partial charge in [-0.1, -0.05) is 27.7 Å². The van der Waals surface area contributed by atoms with Crippen LogP contribution in [-0.2, 0) is 4.79 Å². The van der Waals surface area contributed by atoms with Crippen molar-refractivity contribution in [2.45, 2.75) is 59.4 Å². The monoisotopic (exact) mass is 226 g/mol. The van der Waals surface area contributed by atoms with E-state index in [2.05, 4.69) is 33.0 Å². The first-order chi connectivity index (χ1) is 7.24. The average Bonchev–Trinajstić information content (AvgIpc) is 1.96. The van der Waals surface area contributed by atoms with Gasteiger partial charge in [0.05, 0.1) is 0 Å². The lowest BCUT2D eigenvalue weighted by Gasteiger charge is -2.45. The van der Waals surface area contributed by atoms with Crippen LogP contribution in [0.3, 0.4) is 0 Å². The van der Waals surface area contributed by atoms with E-state index in [1.54, 1.807) is 0 Å². The van der Waals surface area contributed by atoms with E-state index in [0.717, 1.165) is 12.8 Å². The highest BCUT2D eigenvalue weighted by Gasteiger charge is 2.38. The number of nitrogens with two attached hydrogens (primary N) is 1. The average molecular weight is 226 g/mol. The first-order valence-electron chi connectivity index (χ1n) is 6.24. The van der Waals surface area contributed by atoms with Crippen LogP contribution in [0.15, 0.2) is 0 Å². The Balaban J connectivity index is 2.57. The highest BCUT2D eigenvalue weighted by molar-refractivity contribution is 5.76. The molecule has 1 saturated carbocycles. The number of hydrogen-bond donors (Lipinski definition) is 2. The van der Waals surface area contributed by atoms with E-state index < -0.39 is 0 Å². The van der Waals surface area contributed by atoms with E-state index in [1.165, 1.54) is 6.42 Å². The van der Waals surface area contributed by atoms with E-state index in [4.69, 9.17) is 5.73 Å². The van der Waals surface area contributed by atoms with Crippen LogP contribution in [0.1, 0.15) is 53.4 Å². The normalized spacial score (nSPS) is 24.1. The van der Waals surface area contributed by atoms with E-state index in [1.807, 2.05) is 0 Å². The van der Waals surface area contributed by atoms with Crippen LogP contribution in [0.5, 0.6) is 0 Å². The van der Waals surface area contributed by atoms with Crippen molar-refractivity contribution in [1.29, 1.82) is 0 Å². The molecule has 3 N–H and O–H groups in total. The second-order valence-electron chi connectivity index (χ2n) is 6.72. The second-order valence-corrected chi connectivity index (χ2v) is 6.72. The zero-order chi connectivity index (χ0) is 12.4. The summed E-state index contributed by atoms with van der Waals surface area (Å²) in [6.45, 7) is 9.59. The maximum atomic E-state index is 11.5. The van der Waals surface area contributed by atoms with Crippen LogP contribution < -0.4 is 11.1 Å². The Morgan fingerprint density at radius 3 is 2.19 bits per heavy atom. The molecule has 0 aromatic carbocycles. The molecule has 16 heavy (non-hydrogen) atoms. The first kappa shape index (κ1) is 13.5. The molecule has 0 unspecified atom stereocenters. The number of carbonyl (C=O) groups is 1. The lowest BCUT2D eigenvalue weighted by atomic mass is 9.63. The molecule has 1 fully saturated rings. The molecule has 0 spiro atoms. The maximum absolute atomic E-state index is 11.5. The molecule has 0 saturated heterocycles. The van der Waals surface area contributed by atoms with E-state index in [9.17, 15) is 4.79 Å². The molecule has 0 bridgehead atoms. The van der Waals surface area contributed by atoms with Gasteiger partial charge in [0, 0.05) is 19.0 Å². The summed E-state index contributed by atoms with van der Waals surface area (Å²) in [5.74, 6) is 0.0981. The standard InChI is InChI=1S/C13H26N2O/c1-12(2)7-10(8-13(3,4)9-12)15-11(16)5-6-14/h10H,5-9,14H2,1-4H3,(H,15,16). The number of nitrogens with one attached hydrogen (secondary N) is 1. The zero-order valence-electron chi connectivity index (χ0n) is 11.1. The molecule has 0 aromatic rings. The van der Waals surface area contributed by atoms with Gasteiger partial charge in [0.25, 0.3) is 0 Å². The summed E-state index contributed by atoms with van der Waals surface area (Å²) < 4.78 is 0. The third-order valence-electron chi connectivity index (χ3n) is 3.29. The lowest BCUT2D eigenvalue weighted by molar-refractivity contribution is -0.122. The smallest absolute Gasteiger partial charge is 0.221 e. The Morgan fingerprint density at radius 2 is 1.75 bits per heavy atom. The third kappa shape index (κ3) is 4.12. The molecular formula is C13H26N2O. The summed E-state index contributed by atoms with van der Waals surface area (Å²) in [5, 5.41) is 3.11. The third-order valence-corrected chi connectivity index (χ3v) is 3.29. The molecule has 1 rings (SSSR count). The van der Waals surface area contributed by atoms with E-state index in [0.29, 0.717) is 29.8 Å². The molecule has 0 heterocycles. The molecular weight excluding hydrogens is 200 g/mol. The summed E-state index contributed by atoms with van der Waals surface area (Å²) in [5.41, 5.74) is 6.02. The topological polar surface area (TPSA) is 55.1 Å². The quantitative estimate of drug-likeness (QED) is 0.774. The fourth-order valence-corrected chi connectivity index (χ4v) is 3.38. The van der Waals surface area contributed by atoms with Gasteiger partial charge < -0.3 is 11.1 Å². The molecule has 3 nitrogen and oxygen atoms in total. The predicted octanol–water partition coefficient (Wildman–Crippen LogP) is 2.06. The van der Waals surface area contributed by atoms with Crippen molar-refractivity contribution >= 4 is 5.91 Å². The minimum atomic E-state index is 0.0981. The van der Waals surface area contributed by atoms with Gasteiger partial charge in [-0.05, 0) is 30.1 Å². The van der Waals surface area contributed by atoms with Gasteiger partial charge in [-0.25, -0.2) is 0 Å². The van der Waals surface area contributed by atoms with E-state index >= 15 is 0 Å². The Bertz CT molecular complexity index is 243. The number of hydrogen-bond acceptors (Lipinski definition) is 2. The highest BCUT2D eigenvalue weighted by Crippen LogP contribution is 2.45. The number of rotatable bonds is 3. The SMILES string of the molecule is CC1(C)CC(NC(=O)CCN)CC(C)(C)C1. The molecule has 94 valence electrons. The number of amides is 1. The molecule has 1 aliphatic carbocycles. The maximum Gasteiger partial charge on any atom is 0.221 e. The summed E-state index contributed by atoms with van der Waals surface area (Å²) in [6.07, 6.45) is 3.82. The van der Waals surface area contributed by atoms with Crippen molar-refractivity contribution in [3.05, 3.63) is 0 Å². The first-order valence-corrected chi connectivity index (χ1v) is 6.24. The number of carbonyl (C=O) groups excluding carboxylic acids is 1. The lowest BCUT2D eigenvalue weighted by Crippen LogP contribution is -2.46. The van der Waals surface area contributed by atoms with Gasteiger partial charge in [0.1, 0.15) is 0 Å². The van der Waals surface area contributed by atoms with Crippen molar-refractivity contribution in [3.63, 3.8) is 0 Å². The van der Waals surface area contributed by atoms with Crippen LogP contribution in [0.2, 0.25) is 0 Å². The second kappa shape index (κ2) is 4.74. The van der Waals surface area contributed by atoms with Crippen molar-refractivity contribution in [2.24, 2.45) is 16.6 Å². The molecule has 0 aromatic heterocycles. The van der Waals surface area contributed by atoms with Gasteiger partial charge in [-0.3, -0.25) is 4.79 Å². The van der Waals surface area contributed by atoms with E-state index in [-0.39, 0.29) is 5.91 Å². The highest BCUT2D eigenvalue weighted by atomic mass is 16.1. The fraction of sp³-hybridized carbons (Fsp3) is 0.923. The molecule has 1 amide bonds. The minimum Gasteiger partial charge on any atom is -0.353 e. The van der Waals surface area contributed by atoms with Crippen molar-refractivity contribution in [1.82, 2.24) is 5.32 Å². The Hall–Kier alpha value is -0.570. The van der Waals surface area contributed by atoms with Crippen molar-refractivity contribution in [3.8, 4) is 0 Å². The Morgan fingerprint density at radius 1 is 1.25 bits per heavy atom. The molecule has 3 heteroatoms. The summed E-state index contributed by atoms with van der Waals surface area (Å²) in [6, 6.07) is 0.317. The molecule has 0 radical (unpaired) electrons. The fourth-order valence-electron chi connectivity index (χ4n) is 3.38. The van der Waals surface area contributed by atoms with Crippen LogP contribution >= 0.6 is 0 Å². The van der Waals surface area contributed by atoms with Crippen molar-refractivity contribution < 1.29 is 4.79 Å². The Kier molecular flexibility index (Phi) is 4.00. The van der Waals surface area contributed by atoms with Crippen LogP contribution in [0, 0.1) is 10.8 Å². The zero-order valence-corrected chi connectivity index (χ0v) is 11.1. The van der Waals surface area contributed by atoms with Crippen molar-refractivity contribution in [2.75, 3.05) is 6.54 Å². The molecule has 1 aliphatic rings. The van der Waals surface area contributed by atoms with Gasteiger partial charge >= 0.3 is 0 Å². The predicted molar refractivity (Wildman–Crippen MR) is 67.0 cm³/mol. The van der Waals surface area contributed by atoms with Crippen LogP contribution in [0.4, 0.5) is 0 Å². The van der Waals surface area contributed by atoms with Gasteiger partial charge in [-0.15, -0.1) is 0 Å². The summed E-state index contributed by atoms with van der Waals surface area (Å²) >= 11 is 0. The summed E-state index contributed by atoms with van der Waals surface area (Å²) in [7, 11) is 0. The summed E-state index contributed by atoms with van der Waals surface area (Å²) in [4.78, 5) is 11.5. The van der Waals surface area contributed by atoms with Gasteiger partial charge in [0.2, 0.25) is 5.91 Å². The minimum absolute atomic E-state index is 0.0981. The largest absolute Gasteiger partial charge is 0.353 e. The van der Waals surface area contributed by atoms with Gasteiger partial charge in [-0.2, -0.15) is 0 Å². The molecule has 0 aliphatic heterocycles.